The van der Waals surface area contributed by atoms with Crippen LogP contribution in [-0.4, -0.2) is 51.0 Å². The third-order valence-electron chi connectivity index (χ3n) is 5.84. The van der Waals surface area contributed by atoms with Crippen molar-refractivity contribution in [3.63, 3.8) is 0 Å². The van der Waals surface area contributed by atoms with E-state index in [2.05, 4.69) is 22.2 Å². The van der Waals surface area contributed by atoms with Crippen LogP contribution in [0.25, 0.3) is 11.0 Å². The monoisotopic (exact) mass is 399 g/mol. The predicted molar refractivity (Wildman–Crippen MR) is 111 cm³/mol. The SMILES string of the molecule is CCCN(C(=O)c1cc(C2CC2)nc2c1c(=O)[nH]c(=O)n2CCC)C1CCNC1. The molecule has 2 aromatic heterocycles. The second-order valence-corrected chi connectivity index (χ2v) is 8.12. The highest BCUT2D eigenvalue weighted by Crippen LogP contribution is 2.40. The van der Waals surface area contributed by atoms with Crippen molar-refractivity contribution in [2.75, 3.05) is 19.6 Å². The van der Waals surface area contributed by atoms with E-state index in [4.69, 9.17) is 0 Å². The third-order valence-corrected chi connectivity index (χ3v) is 5.84. The molecule has 3 heterocycles. The van der Waals surface area contributed by atoms with Gasteiger partial charge < -0.3 is 10.2 Å². The average molecular weight is 399 g/mol. The number of aryl methyl sites for hydroxylation is 1. The van der Waals surface area contributed by atoms with E-state index in [0.717, 1.165) is 50.9 Å². The molecule has 4 rings (SSSR count). The lowest BCUT2D eigenvalue weighted by Gasteiger charge is -2.29. The van der Waals surface area contributed by atoms with Crippen LogP contribution in [0.4, 0.5) is 0 Å². The lowest BCUT2D eigenvalue weighted by atomic mass is 10.1. The maximum absolute atomic E-state index is 13.7. The summed E-state index contributed by atoms with van der Waals surface area (Å²) in [7, 11) is 0. The van der Waals surface area contributed by atoms with E-state index in [1.807, 2.05) is 11.8 Å². The minimum absolute atomic E-state index is 0.121. The molecule has 1 aliphatic carbocycles. The number of amides is 1. The zero-order valence-electron chi connectivity index (χ0n) is 17.2. The average Bonchev–Trinajstić information content (AvgIpc) is 3.42. The Bertz CT molecular complexity index is 1030. The van der Waals surface area contributed by atoms with Gasteiger partial charge >= 0.3 is 5.69 Å². The molecule has 2 aliphatic rings. The van der Waals surface area contributed by atoms with E-state index >= 15 is 0 Å². The van der Waals surface area contributed by atoms with Crippen molar-refractivity contribution in [1.82, 2.24) is 24.8 Å². The van der Waals surface area contributed by atoms with Gasteiger partial charge in [-0.15, -0.1) is 0 Å². The molecule has 1 saturated carbocycles. The Morgan fingerprint density at radius 3 is 2.66 bits per heavy atom. The minimum Gasteiger partial charge on any atom is -0.334 e. The highest BCUT2D eigenvalue weighted by atomic mass is 16.2. The first-order valence-corrected chi connectivity index (χ1v) is 10.7. The molecule has 1 saturated heterocycles. The van der Waals surface area contributed by atoms with Crippen molar-refractivity contribution in [3.05, 3.63) is 38.2 Å². The molecule has 156 valence electrons. The fourth-order valence-electron chi connectivity index (χ4n) is 4.23. The second-order valence-electron chi connectivity index (χ2n) is 8.12. The summed E-state index contributed by atoms with van der Waals surface area (Å²) in [4.78, 5) is 47.9. The van der Waals surface area contributed by atoms with Gasteiger partial charge in [0.1, 0.15) is 0 Å². The van der Waals surface area contributed by atoms with Gasteiger partial charge in [0.05, 0.1) is 10.9 Å². The molecule has 1 aliphatic heterocycles. The molecule has 8 nitrogen and oxygen atoms in total. The van der Waals surface area contributed by atoms with E-state index in [9.17, 15) is 14.4 Å². The zero-order chi connectivity index (χ0) is 20.5. The molecule has 2 fully saturated rings. The van der Waals surface area contributed by atoms with Crippen LogP contribution < -0.4 is 16.6 Å². The first-order valence-electron chi connectivity index (χ1n) is 10.7. The molecule has 1 amide bonds. The molecular weight excluding hydrogens is 370 g/mol. The second kappa shape index (κ2) is 8.10. The van der Waals surface area contributed by atoms with Crippen LogP contribution in [-0.2, 0) is 6.54 Å². The molecule has 0 aromatic carbocycles. The Morgan fingerprint density at radius 1 is 1.24 bits per heavy atom. The third kappa shape index (κ3) is 3.73. The topological polar surface area (TPSA) is 100 Å². The molecule has 0 spiro atoms. The first kappa shape index (κ1) is 19.8. The Labute approximate surface area is 169 Å². The summed E-state index contributed by atoms with van der Waals surface area (Å²) in [5, 5.41) is 3.56. The predicted octanol–water partition coefficient (Wildman–Crippen LogP) is 1.59. The molecule has 2 N–H and O–H groups in total. The van der Waals surface area contributed by atoms with Crippen molar-refractivity contribution >= 4 is 16.9 Å². The summed E-state index contributed by atoms with van der Waals surface area (Å²) in [6.07, 6.45) is 4.53. The van der Waals surface area contributed by atoms with Crippen molar-refractivity contribution in [1.29, 1.82) is 0 Å². The number of pyridine rings is 1. The van der Waals surface area contributed by atoms with Gasteiger partial charge in [0.15, 0.2) is 5.65 Å². The summed E-state index contributed by atoms with van der Waals surface area (Å²) < 4.78 is 1.50. The lowest BCUT2D eigenvalue weighted by Crippen LogP contribution is -2.43. The lowest BCUT2D eigenvalue weighted by molar-refractivity contribution is 0.0694. The normalized spacial score (nSPS) is 19.0. The number of nitrogens with zero attached hydrogens (tertiary/aromatic N) is 3. The maximum atomic E-state index is 13.7. The Kier molecular flexibility index (Phi) is 5.54. The summed E-state index contributed by atoms with van der Waals surface area (Å²) in [6.45, 7) is 6.76. The molecule has 29 heavy (non-hydrogen) atoms. The van der Waals surface area contributed by atoms with Crippen molar-refractivity contribution in [2.24, 2.45) is 0 Å². The zero-order valence-corrected chi connectivity index (χ0v) is 17.2. The van der Waals surface area contributed by atoms with Gasteiger partial charge in [0.25, 0.3) is 11.5 Å². The van der Waals surface area contributed by atoms with Crippen LogP contribution in [0.5, 0.6) is 0 Å². The number of aromatic nitrogens is 3. The first-order chi connectivity index (χ1) is 14.0. The van der Waals surface area contributed by atoms with Crippen LogP contribution in [0.2, 0.25) is 0 Å². The van der Waals surface area contributed by atoms with Crippen LogP contribution in [0, 0.1) is 0 Å². The van der Waals surface area contributed by atoms with E-state index in [0.29, 0.717) is 30.2 Å². The summed E-state index contributed by atoms with van der Waals surface area (Å²) in [5.74, 6) is 0.172. The van der Waals surface area contributed by atoms with Gasteiger partial charge in [-0.2, -0.15) is 0 Å². The van der Waals surface area contributed by atoms with E-state index < -0.39 is 11.2 Å². The molecule has 2 aromatic rings. The highest BCUT2D eigenvalue weighted by Gasteiger charge is 2.32. The van der Waals surface area contributed by atoms with Crippen molar-refractivity contribution in [2.45, 2.75) is 64.5 Å². The van der Waals surface area contributed by atoms with Crippen LogP contribution >= 0.6 is 0 Å². The number of rotatable bonds is 7. The number of hydrogen-bond acceptors (Lipinski definition) is 5. The maximum Gasteiger partial charge on any atom is 0.329 e. The van der Waals surface area contributed by atoms with E-state index in [1.165, 1.54) is 4.57 Å². The van der Waals surface area contributed by atoms with E-state index in [1.54, 1.807) is 6.07 Å². The number of nitrogens with one attached hydrogen (secondary N) is 2. The number of fused-ring (bicyclic) bond motifs is 1. The Balaban J connectivity index is 1.92. The molecule has 1 atom stereocenters. The number of carbonyl (C=O) groups excluding carboxylic acids is 1. The standard InChI is InChI=1S/C21H29N5O3/c1-3-9-25(14-7-8-22-12-14)20(28)15-11-16(13-5-6-13)23-18-17(15)19(27)24-21(29)26(18)10-4-2/h11,13-14,22H,3-10,12H2,1-2H3,(H,24,27,29). The number of carbonyl (C=O) groups is 1. The van der Waals surface area contributed by atoms with Crippen LogP contribution in [0.3, 0.4) is 0 Å². The van der Waals surface area contributed by atoms with Gasteiger partial charge in [0.2, 0.25) is 0 Å². The molecular formula is C21H29N5O3. The van der Waals surface area contributed by atoms with Gasteiger partial charge in [-0.05, 0) is 44.7 Å². The van der Waals surface area contributed by atoms with E-state index in [-0.39, 0.29) is 17.3 Å². The fraction of sp³-hybridized carbons (Fsp3) is 0.619. The quantitative estimate of drug-likeness (QED) is 0.736. The number of H-pyrrole nitrogens is 1. The summed E-state index contributed by atoms with van der Waals surface area (Å²) in [5.41, 5.74) is 0.541. The Morgan fingerprint density at radius 2 is 2.03 bits per heavy atom. The van der Waals surface area contributed by atoms with Crippen LogP contribution in [0.15, 0.2) is 15.7 Å². The molecule has 0 radical (unpaired) electrons. The van der Waals surface area contributed by atoms with Gasteiger partial charge in [-0.3, -0.25) is 19.1 Å². The van der Waals surface area contributed by atoms with Crippen molar-refractivity contribution < 1.29 is 4.79 Å². The Hall–Kier alpha value is -2.48. The smallest absolute Gasteiger partial charge is 0.329 e. The van der Waals surface area contributed by atoms with Gasteiger partial charge in [0, 0.05) is 37.3 Å². The minimum atomic E-state index is -0.531. The van der Waals surface area contributed by atoms with Gasteiger partial charge in [-0.25, -0.2) is 9.78 Å². The molecule has 0 bridgehead atoms. The summed E-state index contributed by atoms with van der Waals surface area (Å²) in [6, 6.07) is 1.92. The van der Waals surface area contributed by atoms with Crippen molar-refractivity contribution in [3.8, 4) is 0 Å². The molecule has 1 unspecified atom stereocenters. The summed E-state index contributed by atoms with van der Waals surface area (Å²) >= 11 is 0. The largest absolute Gasteiger partial charge is 0.334 e. The van der Waals surface area contributed by atoms with Gasteiger partial charge in [-0.1, -0.05) is 13.8 Å². The van der Waals surface area contributed by atoms with Crippen LogP contribution in [0.1, 0.15) is 67.9 Å². The number of aromatic amines is 1. The molecule has 8 heteroatoms. The highest BCUT2D eigenvalue weighted by molar-refractivity contribution is 6.05. The number of hydrogen-bond donors (Lipinski definition) is 2. The fourth-order valence-corrected chi connectivity index (χ4v) is 4.23.